The van der Waals surface area contributed by atoms with Gasteiger partial charge in [-0.1, -0.05) is 18.2 Å². The summed E-state index contributed by atoms with van der Waals surface area (Å²) in [6.45, 7) is 4.67. The summed E-state index contributed by atoms with van der Waals surface area (Å²) in [4.78, 5) is 27.4. The monoisotopic (exact) mass is 488 g/mol. The van der Waals surface area contributed by atoms with E-state index in [1.54, 1.807) is 42.5 Å². The van der Waals surface area contributed by atoms with E-state index in [1.807, 2.05) is 44.2 Å². The van der Waals surface area contributed by atoms with Gasteiger partial charge in [-0.2, -0.15) is 0 Å². The van der Waals surface area contributed by atoms with E-state index in [0.717, 1.165) is 0 Å². The summed E-state index contributed by atoms with van der Waals surface area (Å²) in [6, 6.07) is 21.5. The number of nitrogens with one attached hydrogen (secondary N) is 1. The molecule has 0 aromatic heterocycles. The van der Waals surface area contributed by atoms with Crippen molar-refractivity contribution in [2.45, 2.75) is 13.8 Å². The van der Waals surface area contributed by atoms with Crippen LogP contribution in [0.4, 0.5) is 5.69 Å². The van der Waals surface area contributed by atoms with E-state index in [1.165, 1.54) is 11.0 Å². The maximum Gasteiger partial charge on any atom is 0.270 e. The highest BCUT2D eigenvalue weighted by Gasteiger charge is 2.34. The van der Waals surface area contributed by atoms with E-state index < -0.39 is 11.8 Å². The number of rotatable bonds is 8. The van der Waals surface area contributed by atoms with Crippen molar-refractivity contribution in [1.29, 1.82) is 0 Å². The smallest absolute Gasteiger partial charge is 0.270 e. The van der Waals surface area contributed by atoms with Crippen LogP contribution in [0.5, 0.6) is 23.0 Å². The molecule has 35 heavy (non-hydrogen) atoms. The Morgan fingerprint density at radius 3 is 2.20 bits per heavy atom. The number of para-hydroxylation sites is 1. The predicted molar refractivity (Wildman–Crippen MR) is 138 cm³/mol. The van der Waals surface area contributed by atoms with E-state index in [9.17, 15) is 9.59 Å². The summed E-state index contributed by atoms with van der Waals surface area (Å²) in [6.07, 6.45) is 1.50. The molecule has 1 aliphatic heterocycles. The molecular formula is C27H24N2O5S. The SMILES string of the molecule is CCOc1ccc(C=C2C(=O)NC(=S)N(c3ccc(Oc4ccccc4)cc3)C2=O)c(OCC)c1. The third-order valence-electron chi connectivity index (χ3n) is 5.07. The molecule has 7 nitrogen and oxygen atoms in total. The summed E-state index contributed by atoms with van der Waals surface area (Å²) in [5.74, 6) is 1.34. The first-order chi connectivity index (χ1) is 17.0. The molecular weight excluding hydrogens is 464 g/mol. The van der Waals surface area contributed by atoms with Crippen LogP contribution in [0.1, 0.15) is 19.4 Å². The second-order valence-corrected chi connectivity index (χ2v) is 7.82. The molecule has 0 spiro atoms. The highest BCUT2D eigenvalue weighted by atomic mass is 32.1. The molecule has 0 atom stereocenters. The largest absolute Gasteiger partial charge is 0.494 e. The third kappa shape index (κ3) is 5.50. The van der Waals surface area contributed by atoms with Gasteiger partial charge in [-0.05, 0) is 80.7 Å². The van der Waals surface area contributed by atoms with Crippen molar-refractivity contribution in [2.75, 3.05) is 18.1 Å². The molecule has 178 valence electrons. The fourth-order valence-corrected chi connectivity index (χ4v) is 3.79. The van der Waals surface area contributed by atoms with Gasteiger partial charge in [-0.25, -0.2) is 0 Å². The summed E-state index contributed by atoms with van der Waals surface area (Å²) in [7, 11) is 0. The lowest BCUT2D eigenvalue weighted by Gasteiger charge is -2.29. The van der Waals surface area contributed by atoms with Crippen molar-refractivity contribution < 1.29 is 23.8 Å². The molecule has 0 unspecified atom stereocenters. The minimum Gasteiger partial charge on any atom is -0.494 e. The Kier molecular flexibility index (Phi) is 7.42. The number of nitrogens with zero attached hydrogens (tertiary/aromatic N) is 1. The van der Waals surface area contributed by atoms with Crippen molar-refractivity contribution >= 4 is 40.9 Å². The lowest BCUT2D eigenvalue weighted by atomic mass is 10.1. The van der Waals surface area contributed by atoms with Gasteiger partial charge in [-0.3, -0.25) is 19.8 Å². The average Bonchev–Trinajstić information content (AvgIpc) is 2.85. The van der Waals surface area contributed by atoms with Gasteiger partial charge in [0.2, 0.25) is 0 Å². The lowest BCUT2D eigenvalue weighted by Crippen LogP contribution is -2.54. The van der Waals surface area contributed by atoms with Gasteiger partial charge in [0, 0.05) is 11.6 Å². The van der Waals surface area contributed by atoms with Gasteiger partial charge in [-0.15, -0.1) is 0 Å². The number of carbonyl (C=O) groups is 2. The van der Waals surface area contributed by atoms with Crippen molar-refractivity contribution in [3.8, 4) is 23.0 Å². The van der Waals surface area contributed by atoms with E-state index in [4.69, 9.17) is 26.4 Å². The lowest BCUT2D eigenvalue weighted by molar-refractivity contribution is -0.122. The van der Waals surface area contributed by atoms with Crippen LogP contribution in [0.2, 0.25) is 0 Å². The molecule has 1 saturated heterocycles. The van der Waals surface area contributed by atoms with Crippen molar-refractivity contribution in [2.24, 2.45) is 0 Å². The number of hydrogen-bond donors (Lipinski definition) is 1. The zero-order valence-corrected chi connectivity index (χ0v) is 20.1. The quantitative estimate of drug-likeness (QED) is 0.270. The number of benzene rings is 3. The first-order valence-electron chi connectivity index (χ1n) is 11.1. The molecule has 0 saturated carbocycles. The molecule has 1 heterocycles. The van der Waals surface area contributed by atoms with Crippen LogP contribution in [0.15, 0.2) is 78.4 Å². The standard InChI is InChI=1S/C27H24N2O5S/c1-3-32-22-13-10-18(24(17-22)33-4-2)16-23-25(30)28-27(35)29(26(23)31)19-11-14-21(15-12-19)34-20-8-6-5-7-9-20/h5-17H,3-4H2,1-2H3,(H,28,30,35). The van der Waals surface area contributed by atoms with Gasteiger partial charge >= 0.3 is 0 Å². The van der Waals surface area contributed by atoms with Crippen LogP contribution in [-0.2, 0) is 9.59 Å². The number of carbonyl (C=O) groups excluding carboxylic acids is 2. The molecule has 0 aliphatic carbocycles. The summed E-state index contributed by atoms with van der Waals surface area (Å²) in [5.41, 5.74) is 1.02. The highest BCUT2D eigenvalue weighted by molar-refractivity contribution is 7.80. The van der Waals surface area contributed by atoms with Crippen LogP contribution in [0.25, 0.3) is 6.08 Å². The maximum absolute atomic E-state index is 13.4. The molecule has 2 amide bonds. The molecule has 0 bridgehead atoms. The zero-order chi connectivity index (χ0) is 24.8. The minimum atomic E-state index is -0.573. The van der Waals surface area contributed by atoms with Gasteiger partial charge in [0.25, 0.3) is 11.8 Å². The van der Waals surface area contributed by atoms with Gasteiger partial charge in [0.1, 0.15) is 28.6 Å². The Hall–Kier alpha value is -4.17. The molecule has 4 rings (SSSR count). The van der Waals surface area contributed by atoms with E-state index in [0.29, 0.717) is 47.5 Å². The summed E-state index contributed by atoms with van der Waals surface area (Å²) in [5, 5.41) is 2.60. The first-order valence-corrected chi connectivity index (χ1v) is 11.5. The molecule has 3 aromatic carbocycles. The molecule has 1 N–H and O–H groups in total. The average molecular weight is 489 g/mol. The fourth-order valence-electron chi connectivity index (χ4n) is 3.51. The first kappa shape index (κ1) is 24.0. The van der Waals surface area contributed by atoms with Gasteiger partial charge in [0.05, 0.1) is 18.9 Å². The number of hydrogen-bond acceptors (Lipinski definition) is 6. The van der Waals surface area contributed by atoms with Crippen LogP contribution >= 0.6 is 12.2 Å². The topological polar surface area (TPSA) is 77.1 Å². The molecule has 8 heteroatoms. The second kappa shape index (κ2) is 10.8. The molecule has 1 aliphatic rings. The van der Waals surface area contributed by atoms with Gasteiger partial charge < -0.3 is 14.2 Å². The Morgan fingerprint density at radius 1 is 0.857 bits per heavy atom. The summed E-state index contributed by atoms with van der Waals surface area (Å²) < 4.78 is 17.1. The van der Waals surface area contributed by atoms with Crippen LogP contribution in [0.3, 0.4) is 0 Å². The number of ether oxygens (including phenoxy) is 3. The van der Waals surface area contributed by atoms with Crippen molar-refractivity contribution in [3.63, 3.8) is 0 Å². The summed E-state index contributed by atoms with van der Waals surface area (Å²) >= 11 is 5.31. The van der Waals surface area contributed by atoms with Crippen LogP contribution < -0.4 is 24.4 Å². The van der Waals surface area contributed by atoms with E-state index in [2.05, 4.69) is 5.32 Å². The maximum atomic E-state index is 13.4. The van der Waals surface area contributed by atoms with Gasteiger partial charge in [0.15, 0.2) is 5.11 Å². The predicted octanol–water partition coefficient (Wildman–Crippen LogP) is 5.11. The Morgan fingerprint density at radius 2 is 1.51 bits per heavy atom. The normalized spacial score (nSPS) is 14.6. The molecule has 0 radical (unpaired) electrons. The Labute approximate surface area is 208 Å². The zero-order valence-electron chi connectivity index (χ0n) is 19.3. The number of amides is 2. The second-order valence-electron chi connectivity index (χ2n) is 7.43. The molecule has 3 aromatic rings. The number of anilines is 1. The van der Waals surface area contributed by atoms with Crippen LogP contribution in [-0.4, -0.2) is 30.1 Å². The highest BCUT2D eigenvalue weighted by Crippen LogP contribution is 2.30. The minimum absolute atomic E-state index is 0.00519. The Bertz CT molecular complexity index is 1270. The van der Waals surface area contributed by atoms with E-state index in [-0.39, 0.29) is 10.7 Å². The third-order valence-corrected chi connectivity index (χ3v) is 5.36. The van der Waals surface area contributed by atoms with E-state index >= 15 is 0 Å². The van der Waals surface area contributed by atoms with Crippen LogP contribution in [0, 0.1) is 0 Å². The number of thiocarbonyl (C=S) groups is 1. The van der Waals surface area contributed by atoms with Crippen molar-refractivity contribution in [1.82, 2.24) is 5.32 Å². The fraction of sp³-hybridized carbons (Fsp3) is 0.148. The van der Waals surface area contributed by atoms with Crippen molar-refractivity contribution in [3.05, 3.63) is 83.9 Å². The molecule has 1 fully saturated rings. The Balaban J connectivity index is 1.62.